The SMILES string of the molecule is Cc1ccc(-c2c(C#N)c(N)nc(SCCC(=O)Nc3ccc(S(=O)(=O)Nc4ccccn4)cc3)c2C#N)cc1. The Kier molecular flexibility index (Phi) is 8.64. The summed E-state index contributed by atoms with van der Waals surface area (Å²) in [6.07, 6.45) is 1.56. The molecular weight excluding hydrogens is 546 g/mol. The van der Waals surface area contributed by atoms with Crippen LogP contribution in [-0.4, -0.2) is 30.0 Å². The average Bonchev–Trinajstić information content (AvgIpc) is 2.94. The van der Waals surface area contributed by atoms with Gasteiger partial charge in [-0.1, -0.05) is 35.9 Å². The van der Waals surface area contributed by atoms with E-state index in [1.165, 1.54) is 48.3 Å². The van der Waals surface area contributed by atoms with Crippen molar-refractivity contribution in [1.29, 1.82) is 10.5 Å². The summed E-state index contributed by atoms with van der Waals surface area (Å²) in [5.74, 6) is 0.179. The fourth-order valence-electron chi connectivity index (χ4n) is 3.71. The van der Waals surface area contributed by atoms with Gasteiger partial charge in [-0.05, 0) is 48.9 Å². The summed E-state index contributed by atoms with van der Waals surface area (Å²) < 4.78 is 27.5. The number of pyridine rings is 2. The number of nitrogens with zero attached hydrogens (tertiary/aromatic N) is 4. The van der Waals surface area contributed by atoms with Gasteiger partial charge in [-0.25, -0.2) is 18.4 Å². The van der Waals surface area contributed by atoms with Crippen LogP contribution in [0.5, 0.6) is 0 Å². The van der Waals surface area contributed by atoms with Gasteiger partial charge in [0.15, 0.2) is 0 Å². The van der Waals surface area contributed by atoms with Crippen molar-refractivity contribution in [3.63, 3.8) is 0 Å². The molecule has 0 atom stereocenters. The van der Waals surface area contributed by atoms with Gasteiger partial charge in [-0.15, -0.1) is 11.8 Å². The molecule has 0 bridgehead atoms. The topological polar surface area (TPSA) is 175 Å². The Hall–Kier alpha value is -4.91. The number of rotatable bonds is 9. The summed E-state index contributed by atoms with van der Waals surface area (Å²) >= 11 is 1.19. The zero-order valence-electron chi connectivity index (χ0n) is 21.2. The fourth-order valence-corrected chi connectivity index (χ4v) is 5.66. The van der Waals surface area contributed by atoms with Crippen LogP contribution in [0.25, 0.3) is 11.1 Å². The van der Waals surface area contributed by atoms with Crippen molar-refractivity contribution in [3.05, 3.63) is 89.6 Å². The molecule has 0 spiro atoms. The predicted octanol–water partition coefficient (Wildman–Crippen LogP) is 4.70. The van der Waals surface area contributed by atoms with E-state index in [1.807, 2.05) is 37.3 Å². The summed E-state index contributed by atoms with van der Waals surface area (Å²) in [6.45, 7) is 1.94. The smallest absolute Gasteiger partial charge is 0.263 e. The number of anilines is 3. The highest BCUT2D eigenvalue weighted by molar-refractivity contribution is 7.99. The van der Waals surface area contributed by atoms with Crippen LogP contribution < -0.4 is 15.8 Å². The Balaban J connectivity index is 1.41. The van der Waals surface area contributed by atoms with Gasteiger partial charge in [0.1, 0.15) is 34.4 Å². The summed E-state index contributed by atoms with van der Waals surface area (Å²) in [7, 11) is -3.84. The van der Waals surface area contributed by atoms with Crippen LogP contribution >= 0.6 is 11.8 Å². The first-order chi connectivity index (χ1) is 19.2. The number of nitriles is 2. The largest absolute Gasteiger partial charge is 0.383 e. The van der Waals surface area contributed by atoms with E-state index in [1.54, 1.807) is 12.1 Å². The van der Waals surface area contributed by atoms with Crippen LogP contribution in [0.1, 0.15) is 23.1 Å². The lowest BCUT2D eigenvalue weighted by atomic mass is 9.96. The number of nitrogen functional groups attached to an aromatic ring is 1. The van der Waals surface area contributed by atoms with Crippen molar-refractivity contribution < 1.29 is 13.2 Å². The Bertz CT molecular complexity index is 1730. The summed E-state index contributed by atoms with van der Waals surface area (Å²) in [6, 6.07) is 22.2. The Morgan fingerprint density at radius 2 is 1.70 bits per heavy atom. The number of carbonyl (C=O) groups is 1. The van der Waals surface area contributed by atoms with Crippen LogP contribution in [0, 0.1) is 29.6 Å². The first kappa shape index (κ1) is 28.1. The van der Waals surface area contributed by atoms with E-state index in [2.05, 4.69) is 26.1 Å². The molecule has 0 saturated carbocycles. The summed E-state index contributed by atoms with van der Waals surface area (Å²) in [5, 5.41) is 22.6. The van der Waals surface area contributed by atoms with Gasteiger partial charge in [-0.2, -0.15) is 10.5 Å². The molecule has 1 amide bonds. The standard InChI is InChI=1S/C28H23N7O3S2/c1-18-5-7-19(8-6-18)26-22(16-29)27(31)34-28(23(26)17-30)39-15-13-25(36)33-20-9-11-21(12-10-20)40(37,38)35-24-4-2-3-14-32-24/h2-12,14H,13,15H2,1H3,(H2,31,34)(H,32,35)(H,33,36). The van der Waals surface area contributed by atoms with Gasteiger partial charge in [0, 0.05) is 29.6 Å². The third-order valence-electron chi connectivity index (χ3n) is 5.68. The second kappa shape index (κ2) is 12.3. The molecule has 0 aliphatic carbocycles. The van der Waals surface area contributed by atoms with Crippen molar-refractivity contribution in [2.24, 2.45) is 0 Å². The molecule has 4 aromatic rings. The van der Waals surface area contributed by atoms with Crippen molar-refractivity contribution >= 4 is 45.0 Å². The quantitative estimate of drug-likeness (QED) is 0.241. The highest BCUT2D eigenvalue weighted by Crippen LogP contribution is 2.36. The lowest BCUT2D eigenvalue weighted by molar-refractivity contribution is -0.115. The maximum Gasteiger partial charge on any atom is 0.263 e. The van der Waals surface area contributed by atoms with E-state index in [-0.39, 0.29) is 45.7 Å². The van der Waals surface area contributed by atoms with Crippen LogP contribution in [-0.2, 0) is 14.8 Å². The first-order valence-electron chi connectivity index (χ1n) is 11.9. The maximum atomic E-state index is 12.6. The van der Waals surface area contributed by atoms with Gasteiger partial charge in [-0.3, -0.25) is 9.52 Å². The molecule has 4 N–H and O–H groups in total. The van der Waals surface area contributed by atoms with E-state index < -0.39 is 10.0 Å². The number of aryl methyl sites for hydroxylation is 1. The molecule has 4 rings (SSSR count). The minimum atomic E-state index is -3.84. The van der Waals surface area contributed by atoms with E-state index >= 15 is 0 Å². The molecule has 40 heavy (non-hydrogen) atoms. The third kappa shape index (κ3) is 6.56. The number of benzene rings is 2. The molecule has 0 unspecified atom stereocenters. The number of nitrogens with two attached hydrogens (primary N) is 1. The molecular formula is C28H23N7O3S2. The number of hydrogen-bond acceptors (Lipinski definition) is 9. The van der Waals surface area contributed by atoms with Crippen LogP contribution in [0.2, 0.25) is 0 Å². The molecule has 0 fully saturated rings. The molecule has 12 heteroatoms. The van der Waals surface area contributed by atoms with Gasteiger partial charge in [0.2, 0.25) is 5.91 Å². The number of sulfonamides is 1. The Morgan fingerprint density at radius 3 is 2.33 bits per heavy atom. The number of thioether (sulfide) groups is 1. The number of carbonyl (C=O) groups excluding carboxylic acids is 1. The Morgan fingerprint density at radius 1 is 1.00 bits per heavy atom. The fraction of sp³-hybridized carbons (Fsp3) is 0.107. The molecule has 0 aliphatic heterocycles. The predicted molar refractivity (Wildman–Crippen MR) is 154 cm³/mol. The van der Waals surface area contributed by atoms with Crippen molar-refractivity contribution in [2.75, 3.05) is 21.5 Å². The van der Waals surface area contributed by atoms with E-state index in [0.717, 1.165) is 5.56 Å². The highest BCUT2D eigenvalue weighted by atomic mass is 32.2. The van der Waals surface area contributed by atoms with Crippen molar-refractivity contribution in [2.45, 2.75) is 23.3 Å². The van der Waals surface area contributed by atoms with E-state index in [9.17, 15) is 23.7 Å². The zero-order chi connectivity index (χ0) is 28.7. The molecule has 2 heterocycles. The molecule has 0 aliphatic rings. The monoisotopic (exact) mass is 569 g/mol. The van der Waals surface area contributed by atoms with Gasteiger partial charge >= 0.3 is 0 Å². The van der Waals surface area contributed by atoms with Crippen LogP contribution in [0.3, 0.4) is 0 Å². The van der Waals surface area contributed by atoms with Gasteiger partial charge in [0.25, 0.3) is 10.0 Å². The minimum Gasteiger partial charge on any atom is -0.383 e. The Labute approximate surface area is 236 Å². The molecule has 0 radical (unpaired) electrons. The molecule has 200 valence electrons. The maximum absolute atomic E-state index is 12.6. The summed E-state index contributed by atoms with van der Waals surface area (Å²) in [4.78, 5) is 20.8. The second-order valence-corrected chi connectivity index (χ2v) is 11.3. The number of nitrogens with one attached hydrogen (secondary N) is 2. The third-order valence-corrected chi connectivity index (χ3v) is 8.02. The summed E-state index contributed by atoms with van der Waals surface area (Å²) in [5.41, 5.74) is 8.94. The molecule has 2 aromatic carbocycles. The van der Waals surface area contributed by atoms with Gasteiger partial charge in [0.05, 0.1) is 10.5 Å². The van der Waals surface area contributed by atoms with Crippen molar-refractivity contribution in [1.82, 2.24) is 9.97 Å². The normalized spacial score (nSPS) is 10.8. The van der Waals surface area contributed by atoms with Crippen LogP contribution in [0.4, 0.5) is 17.3 Å². The van der Waals surface area contributed by atoms with Gasteiger partial charge < -0.3 is 11.1 Å². The molecule has 10 nitrogen and oxygen atoms in total. The van der Waals surface area contributed by atoms with E-state index in [0.29, 0.717) is 21.8 Å². The number of amides is 1. The second-order valence-electron chi connectivity index (χ2n) is 8.51. The van der Waals surface area contributed by atoms with E-state index in [4.69, 9.17) is 5.73 Å². The first-order valence-corrected chi connectivity index (χ1v) is 14.4. The van der Waals surface area contributed by atoms with Crippen molar-refractivity contribution in [3.8, 4) is 23.3 Å². The van der Waals surface area contributed by atoms with Crippen LogP contribution in [0.15, 0.2) is 82.8 Å². The zero-order valence-corrected chi connectivity index (χ0v) is 22.9. The number of aromatic nitrogens is 2. The molecule has 0 saturated heterocycles. The number of hydrogen-bond donors (Lipinski definition) is 3. The lowest BCUT2D eigenvalue weighted by Gasteiger charge is -2.13. The highest BCUT2D eigenvalue weighted by Gasteiger charge is 2.21. The molecule has 2 aromatic heterocycles. The lowest BCUT2D eigenvalue weighted by Crippen LogP contribution is -2.15. The minimum absolute atomic E-state index is 0.0107. The average molecular weight is 570 g/mol.